The minimum atomic E-state index is 0.695. The third-order valence-electron chi connectivity index (χ3n) is 10.2. The van der Waals surface area contributed by atoms with Gasteiger partial charge in [-0.25, -0.2) is 9.97 Å². The van der Waals surface area contributed by atoms with E-state index in [-0.39, 0.29) is 0 Å². The number of aromatic nitrogens is 3. The summed E-state index contributed by atoms with van der Waals surface area (Å²) in [5.41, 5.74) is 14.6. The monoisotopic (exact) mass is 679 g/mol. The van der Waals surface area contributed by atoms with E-state index >= 15 is 0 Å². The van der Waals surface area contributed by atoms with E-state index in [0.717, 1.165) is 100.0 Å². The maximum Gasteiger partial charge on any atom is 0.213 e. The van der Waals surface area contributed by atoms with E-state index in [1.807, 2.05) is 60.7 Å². The number of hydrogen-bond acceptors (Lipinski definition) is 4. The highest BCUT2D eigenvalue weighted by Crippen LogP contribution is 2.43. The quantitative estimate of drug-likeness (QED) is 0.182. The standard InChI is InChI=1S/C48H29N3O2/c1-3-12-30(13-4-1)39-29-40(50-47(49-39)33-14-5-2-6-15-33)31-22-24-32(25-23-31)45-38-28-34(26-27-41(38)51-42-19-8-10-21-44(42)53-48(45)51)35-17-11-18-37-36-16-7-9-20-43(36)52-46(35)37/h1-29H. The molecule has 4 heterocycles. The van der Waals surface area contributed by atoms with Crippen LogP contribution in [0, 0.1) is 0 Å². The Bertz CT molecular complexity index is 3100. The second kappa shape index (κ2) is 11.7. The molecule has 53 heavy (non-hydrogen) atoms. The van der Waals surface area contributed by atoms with Gasteiger partial charge in [0.05, 0.1) is 28.0 Å². The molecule has 0 fully saturated rings. The number of oxazole rings is 1. The van der Waals surface area contributed by atoms with Crippen LogP contribution in [0.25, 0.3) is 106 Å². The van der Waals surface area contributed by atoms with Crippen molar-refractivity contribution in [2.24, 2.45) is 0 Å². The maximum atomic E-state index is 6.65. The van der Waals surface area contributed by atoms with Gasteiger partial charge in [0.25, 0.3) is 0 Å². The lowest BCUT2D eigenvalue weighted by Crippen LogP contribution is -1.95. The summed E-state index contributed by atoms with van der Waals surface area (Å²) in [6.07, 6.45) is 0. The van der Waals surface area contributed by atoms with Crippen LogP contribution < -0.4 is 0 Å². The van der Waals surface area contributed by atoms with E-state index in [2.05, 4.69) is 120 Å². The predicted molar refractivity (Wildman–Crippen MR) is 215 cm³/mol. The molecule has 0 aliphatic heterocycles. The lowest BCUT2D eigenvalue weighted by Gasteiger charge is -2.10. The summed E-state index contributed by atoms with van der Waals surface area (Å²) in [5, 5.41) is 3.34. The largest absolute Gasteiger partial charge is 0.455 e. The van der Waals surface area contributed by atoms with Crippen LogP contribution in [0.4, 0.5) is 0 Å². The number of benzene rings is 7. The molecule has 5 nitrogen and oxygen atoms in total. The van der Waals surface area contributed by atoms with Crippen LogP contribution in [0.1, 0.15) is 0 Å². The van der Waals surface area contributed by atoms with Gasteiger partial charge in [-0.15, -0.1) is 0 Å². The van der Waals surface area contributed by atoms with Crippen molar-refractivity contribution in [3.63, 3.8) is 0 Å². The van der Waals surface area contributed by atoms with E-state index in [4.69, 9.17) is 18.8 Å². The summed E-state index contributed by atoms with van der Waals surface area (Å²) in [7, 11) is 0. The lowest BCUT2D eigenvalue weighted by atomic mass is 9.97. The molecule has 0 radical (unpaired) electrons. The molecule has 0 N–H and O–H groups in total. The molecule has 7 aromatic carbocycles. The molecule has 0 saturated heterocycles. The van der Waals surface area contributed by atoms with Crippen molar-refractivity contribution in [2.75, 3.05) is 0 Å². The second-order valence-corrected chi connectivity index (χ2v) is 13.4. The Morgan fingerprint density at radius 3 is 1.81 bits per heavy atom. The van der Waals surface area contributed by atoms with Gasteiger partial charge in [0, 0.05) is 38.4 Å². The van der Waals surface area contributed by atoms with Crippen LogP contribution in [-0.2, 0) is 0 Å². The SMILES string of the molecule is c1ccc(-c2cc(-c3ccc(-c4c5cc(-c6cccc7c6oc6ccccc67)ccc5n5c4oc4ccccc45)cc3)nc(-c3ccccc3)n2)cc1. The zero-order valence-corrected chi connectivity index (χ0v) is 28.4. The molecule has 0 aliphatic rings. The van der Waals surface area contributed by atoms with Crippen LogP contribution >= 0.6 is 0 Å². The smallest absolute Gasteiger partial charge is 0.213 e. The number of hydrogen-bond donors (Lipinski definition) is 0. The second-order valence-electron chi connectivity index (χ2n) is 13.4. The van der Waals surface area contributed by atoms with Crippen LogP contribution in [0.15, 0.2) is 185 Å². The van der Waals surface area contributed by atoms with E-state index in [0.29, 0.717) is 5.82 Å². The maximum absolute atomic E-state index is 6.65. The van der Waals surface area contributed by atoms with Gasteiger partial charge in [0.2, 0.25) is 5.71 Å². The van der Waals surface area contributed by atoms with Crippen LogP contribution in [-0.4, -0.2) is 14.4 Å². The summed E-state index contributed by atoms with van der Waals surface area (Å²) in [4.78, 5) is 10.0. The summed E-state index contributed by atoms with van der Waals surface area (Å²) >= 11 is 0. The molecule has 0 atom stereocenters. The lowest BCUT2D eigenvalue weighted by molar-refractivity contribution is 0.658. The van der Waals surface area contributed by atoms with E-state index in [9.17, 15) is 0 Å². The molecule has 0 amide bonds. The summed E-state index contributed by atoms with van der Waals surface area (Å²) in [5.74, 6) is 0.695. The number of nitrogens with zero attached hydrogens (tertiary/aromatic N) is 3. The molecule has 11 aromatic rings. The summed E-state index contributed by atoms with van der Waals surface area (Å²) in [6.45, 7) is 0. The van der Waals surface area contributed by atoms with Crippen molar-refractivity contribution in [2.45, 2.75) is 0 Å². The van der Waals surface area contributed by atoms with Crippen molar-refractivity contribution in [1.82, 2.24) is 14.4 Å². The number of fused-ring (bicyclic) bond motifs is 8. The Kier molecular flexibility index (Phi) is 6.48. The molecular weight excluding hydrogens is 651 g/mol. The highest BCUT2D eigenvalue weighted by molar-refractivity contribution is 6.12. The van der Waals surface area contributed by atoms with Crippen molar-refractivity contribution in [3.8, 4) is 56.2 Å². The Morgan fingerprint density at radius 2 is 1.02 bits per heavy atom. The van der Waals surface area contributed by atoms with E-state index < -0.39 is 0 Å². The van der Waals surface area contributed by atoms with Crippen molar-refractivity contribution < 1.29 is 8.83 Å². The van der Waals surface area contributed by atoms with Gasteiger partial charge in [-0.05, 0) is 47.5 Å². The van der Waals surface area contributed by atoms with Crippen molar-refractivity contribution in [1.29, 1.82) is 0 Å². The topological polar surface area (TPSA) is 56.5 Å². The zero-order chi connectivity index (χ0) is 34.9. The minimum Gasteiger partial charge on any atom is -0.455 e. The third-order valence-corrected chi connectivity index (χ3v) is 10.2. The Balaban J connectivity index is 1.09. The number of rotatable bonds is 5. The van der Waals surface area contributed by atoms with Gasteiger partial charge in [-0.1, -0.05) is 140 Å². The van der Waals surface area contributed by atoms with Gasteiger partial charge in [-0.3, -0.25) is 4.40 Å². The van der Waals surface area contributed by atoms with Crippen LogP contribution in [0.5, 0.6) is 0 Å². The average molecular weight is 680 g/mol. The first kappa shape index (κ1) is 29.5. The average Bonchev–Trinajstić information content (AvgIpc) is 3.90. The first-order valence-corrected chi connectivity index (χ1v) is 17.7. The zero-order valence-electron chi connectivity index (χ0n) is 28.4. The van der Waals surface area contributed by atoms with Crippen molar-refractivity contribution >= 4 is 49.7 Å². The number of para-hydroxylation sites is 4. The van der Waals surface area contributed by atoms with E-state index in [1.165, 1.54) is 0 Å². The molecule has 0 unspecified atom stereocenters. The third kappa shape index (κ3) is 4.71. The fraction of sp³-hybridized carbons (Fsp3) is 0. The highest BCUT2D eigenvalue weighted by Gasteiger charge is 2.22. The fourth-order valence-electron chi connectivity index (χ4n) is 7.73. The molecule has 0 aliphatic carbocycles. The Labute approximate surface area is 304 Å². The van der Waals surface area contributed by atoms with Crippen molar-refractivity contribution in [3.05, 3.63) is 176 Å². The minimum absolute atomic E-state index is 0.695. The molecule has 0 spiro atoms. The van der Waals surface area contributed by atoms with Crippen LogP contribution in [0.2, 0.25) is 0 Å². The molecule has 5 heteroatoms. The van der Waals surface area contributed by atoms with Gasteiger partial charge in [0.1, 0.15) is 11.2 Å². The normalized spacial score (nSPS) is 11.8. The Hall–Kier alpha value is -7.24. The fourth-order valence-corrected chi connectivity index (χ4v) is 7.73. The Morgan fingerprint density at radius 1 is 0.396 bits per heavy atom. The van der Waals surface area contributed by atoms with Gasteiger partial charge in [0.15, 0.2) is 11.4 Å². The summed E-state index contributed by atoms with van der Waals surface area (Å²) in [6, 6.07) is 60.7. The number of furan rings is 1. The molecule has 248 valence electrons. The first-order valence-electron chi connectivity index (χ1n) is 17.7. The molecule has 11 rings (SSSR count). The molecule has 0 saturated carbocycles. The predicted octanol–water partition coefficient (Wildman–Crippen LogP) is 12.9. The molecular formula is C48H29N3O2. The van der Waals surface area contributed by atoms with Crippen LogP contribution in [0.3, 0.4) is 0 Å². The summed E-state index contributed by atoms with van der Waals surface area (Å²) < 4.78 is 15.3. The highest BCUT2D eigenvalue weighted by atomic mass is 16.3. The van der Waals surface area contributed by atoms with Gasteiger partial charge >= 0.3 is 0 Å². The molecule has 4 aromatic heterocycles. The first-order chi connectivity index (χ1) is 26.3. The van der Waals surface area contributed by atoms with Gasteiger partial charge in [-0.2, -0.15) is 0 Å². The van der Waals surface area contributed by atoms with E-state index in [1.54, 1.807) is 0 Å². The van der Waals surface area contributed by atoms with Gasteiger partial charge < -0.3 is 8.83 Å². The molecule has 0 bridgehead atoms.